The van der Waals surface area contributed by atoms with Gasteiger partial charge in [-0.15, -0.1) is 0 Å². The van der Waals surface area contributed by atoms with Crippen LogP contribution in [-0.4, -0.2) is 48.9 Å². The third kappa shape index (κ3) is 3.09. The Labute approximate surface area is 115 Å². The fourth-order valence-electron chi connectivity index (χ4n) is 2.06. The Morgan fingerprint density at radius 3 is 2.78 bits per heavy atom. The normalized spacial score (nSPS) is 17.6. The minimum Gasteiger partial charge on any atom is -0.337 e. The third-order valence-corrected chi connectivity index (χ3v) is 3.82. The summed E-state index contributed by atoms with van der Waals surface area (Å²) in [6.45, 7) is 3.30. The molecule has 5 heteroatoms. The number of carbonyl (C=O) groups is 1. The Morgan fingerprint density at radius 2 is 2.06 bits per heavy atom. The van der Waals surface area contributed by atoms with E-state index in [1.165, 1.54) is 6.07 Å². The zero-order valence-corrected chi connectivity index (χ0v) is 11.9. The largest absolute Gasteiger partial charge is 0.337 e. The summed E-state index contributed by atoms with van der Waals surface area (Å²) in [6, 6.07) is 4.53. The van der Waals surface area contributed by atoms with Gasteiger partial charge in [-0.1, -0.05) is 0 Å². The molecule has 1 aliphatic heterocycles. The molecule has 2 rings (SSSR count). The number of rotatable bonds is 1. The summed E-state index contributed by atoms with van der Waals surface area (Å²) < 4.78 is 13.8. The molecule has 0 unspecified atom stereocenters. The standard InChI is InChI=1S/C13H16BrFN2O/c1-16-5-2-6-17(8-7-16)13(18)10-3-4-11(14)12(15)9-10/h3-4,9H,2,5-8H2,1H3. The van der Waals surface area contributed by atoms with E-state index in [4.69, 9.17) is 0 Å². The van der Waals surface area contributed by atoms with E-state index >= 15 is 0 Å². The van der Waals surface area contributed by atoms with Crippen LogP contribution in [0.4, 0.5) is 4.39 Å². The fourth-order valence-corrected chi connectivity index (χ4v) is 2.31. The molecule has 3 nitrogen and oxygen atoms in total. The molecule has 0 atom stereocenters. The van der Waals surface area contributed by atoms with Crippen molar-refractivity contribution in [3.05, 3.63) is 34.1 Å². The maximum atomic E-state index is 13.4. The summed E-state index contributed by atoms with van der Waals surface area (Å²) in [6.07, 6.45) is 0.960. The van der Waals surface area contributed by atoms with Gasteiger partial charge in [0.25, 0.3) is 5.91 Å². The molecule has 0 aromatic heterocycles. The van der Waals surface area contributed by atoms with Crippen molar-refractivity contribution in [2.45, 2.75) is 6.42 Å². The quantitative estimate of drug-likeness (QED) is 0.794. The van der Waals surface area contributed by atoms with Crippen molar-refractivity contribution in [1.82, 2.24) is 9.80 Å². The Kier molecular flexibility index (Phi) is 4.35. The number of benzene rings is 1. The monoisotopic (exact) mass is 314 g/mol. The molecule has 0 aliphatic carbocycles. The van der Waals surface area contributed by atoms with Gasteiger partial charge in [0, 0.05) is 25.2 Å². The summed E-state index contributed by atoms with van der Waals surface area (Å²) in [5, 5.41) is 0. The first kappa shape index (κ1) is 13.5. The van der Waals surface area contributed by atoms with Gasteiger partial charge in [-0.3, -0.25) is 4.79 Å². The Morgan fingerprint density at radius 1 is 1.28 bits per heavy atom. The van der Waals surface area contributed by atoms with Gasteiger partial charge in [0.15, 0.2) is 0 Å². The Bertz CT molecular complexity index is 453. The zero-order chi connectivity index (χ0) is 13.1. The van der Waals surface area contributed by atoms with E-state index in [1.807, 2.05) is 7.05 Å². The van der Waals surface area contributed by atoms with Gasteiger partial charge >= 0.3 is 0 Å². The molecule has 0 saturated carbocycles. The summed E-state index contributed by atoms with van der Waals surface area (Å²) in [5.74, 6) is -0.482. The lowest BCUT2D eigenvalue weighted by Gasteiger charge is -2.20. The second-order valence-electron chi connectivity index (χ2n) is 4.58. The third-order valence-electron chi connectivity index (χ3n) is 3.17. The van der Waals surface area contributed by atoms with Crippen LogP contribution in [0.1, 0.15) is 16.8 Å². The highest BCUT2D eigenvalue weighted by atomic mass is 79.9. The predicted octanol–water partition coefficient (Wildman–Crippen LogP) is 2.37. The molecular weight excluding hydrogens is 299 g/mol. The van der Waals surface area contributed by atoms with Crippen molar-refractivity contribution in [2.75, 3.05) is 33.2 Å². The van der Waals surface area contributed by atoms with E-state index in [-0.39, 0.29) is 5.91 Å². The molecule has 98 valence electrons. The number of hydrogen-bond acceptors (Lipinski definition) is 2. The van der Waals surface area contributed by atoms with Gasteiger partial charge in [-0.05, 0) is 54.1 Å². The minimum absolute atomic E-state index is 0.0864. The lowest BCUT2D eigenvalue weighted by atomic mass is 10.2. The molecule has 18 heavy (non-hydrogen) atoms. The van der Waals surface area contributed by atoms with Crippen LogP contribution in [-0.2, 0) is 0 Å². The molecular formula is C13H16BrFN2O. The van der Waals surface area contributed by atoms with E-state index in [0.29, 0.717) is 16.6 Å². The first-order chi connectivity index (χ1) is 8.58. The summed E-state index contributed by atoms with van der Waals surface area (Å²) in [5.41, 5.74) is 0.417. The maximum absolute atomic E-state index is 13.4. The average molecular weight is 315 g/mol. The highest BCUT2D eigenvalue weighted by Gasteiger charge is 2.19. The lowest BCUT2D eigenvalue weighted by molar-refractivity contribution is 0.0762. The minimum atomic E-state index is -0.396. The number of carbonyl (C=O) groups excluding carboxylic acids is 1. The Hall–Kier alpha value is -0.940. The van der Waals surface area contributed by atoms with Crippen LogP contribution in [0.5, 0.6) is 0 Å². The first-order valence-corrected chi connectivity index (χ1v) is 6.80. The van der Waals surface area contributed by atoms with Crippen LogP contribution >= 0.6 is 15.9 Å². The van der Waals surface area contributed by atoms with Gasteiger partial charge in [0.2, 0.25) is 0 Å². The van der Waals surface area contributed by atoms with Crippen molar-refractivity contribution in [3.8, 4) is 0 Å². The van der Waals surface area contributed by atoms with Crippen molar-refractivity contribution in [3.63, 3.8) is 0 Å². The molecule has 1 fully saturated rings. The van der Waals surface area contributed by atoms with Crippen molar-refractivity contribution >= 4 is 21.8 Å². The van der Waals surface area contributed by atoms with Crippen LogP contribution < -0.4 is 0 Å². The fraction of sp³-hybridized carbons (Fsp3) is 0.462. The molecule has 1 aromatic carbocycles. The van der Waals surface area contributed by atoms with Crippen LogP contribution in [0, 0.1) is 5.82 Å². The topological polar surface area (TPSA) is 23.6 Å². The van der Waals surface area contributed by atoms with Gasteiger partial charge in [0.1, 0.15) is 5.82 Å². The smallest absolute Gasteiger partial charge is 0.254 e. The second-order valence-corrected chi connectivity index (χ2v) is 5.43. The van der Waals surface area contributed by atoms with E-state index < -0.39 is 5.82 Å². The van der Waals surface area contributed by atoms with E-state index in [2.05, 4.69) is 20.8 Å². The summed E-state index contributed by atoms with van der Waals surface area (Å²) in [7, 11) is 2.05. The van der Waals surface area contributed by atoms with Crippen molar-refractivity contribution in [2.24, 2.45) is 0 Å². The first-order valence-electron chi connectivity index (χ1n) is 6.01. The molecule has 0 N–H and O–H groups in total. The van der Waals surface area contributed by atoms with E-state index in [9.17, 15) is 9.18 Å². The van der Waals surface area contributed by atoms with Crippen molar-refractivity contribution < 1.29 is 9.18 Å². The summed E-state index contributed by atoms with van der Waals surface area (Å²) in [4.78, 5) is 16.2. The molecule has 1 aliphatic rings. The molecule has 0 bridgehead atoms. The highest BCUT2D eigenvalue weighted by Crippen LogP contribution is 2.18. The zero-order valence-electron chi connectivity index (χ0n) is 10.3. The van der Waals surface area contributed by atoms with E-state index in [1.54, 1.807) is 17.0 Å². The molecule has 1 heterocycles. The van der Waals surface area contributed by atoms with Crippen LogP contribution in [0.3, 0.4) is 0 Å². The number of amides is 1. The van der Waals surface area contributed by atoms with Crippen LogP contribution in [0.15, 0.2) is 22.7 Å². The lowest BCUT2D eigenvalue weighted by Crippen LogP contribution is -2.34. The Balaban J connectivity index is 2.12. The number of likely N-dealkylation sites (N-methyl/N-ethyl adjacent to an activating group) is 1. The molecule has 1 aromatic rings. The van der Waals surface area contributed by atoms with Gasteiger partial charge in [0.05, 0.1) is 4.47 Å². The maximum Gasteiger partial charge on any atom is 0.254 e. The van der Waals surface area contributed by atoms with Crippen molar-refractivity contribution in [1.29, 1.82) is 0 Å². The molecule has 0 spiro atoms. The van der Waals surface area contributed by atoms with Crippen LogP contribution in [0.2, 0.25) is 0 Å². The predicted molar refractivity (Wildman–Crippen MR) is 72.1 cm³/mol. The molecule has 0 radical (unpaired) electrons. The highest BCUT2D eigenvalue weighted by molar-refractivity contribution is 9.10. The SMILES string of the molecule is CN1CCCN(C(=O)c2ccc(Br)c(F)c2)CC1. The summed E-state index contributed by atoms with van der Waals surface area (Å²) >= 11 is 3.09. The van der Waals surface area contributed by atoms with Crippen LogP contribution in [0.25, 0.3) is 0 Å². The van der Waals surface area contributed by atoms with E-state index in [0.717, 1.165) is 26.1 Å². The van der Waals surface area contributed by atoms with Gasteiger partial charge in [-0.2, -0.15) is 0 Å². The number of nitrogens with zero attached hydrogens (tertiary/aromatic N) is 2. The average Bonchev–Trinajstić information content (AvgIpc) is 2.57. The molecule has 1 amide bonds. The van der Waals surface area contributed by atoms with Gasteiger partial charge in [-0.25, -0.2) is 4.39 Å². The number of hydrogen-bond donors (Lipinski definition) is 0. The number of halogens is 2. The van der Waals surface area contributed by atoms with Gasteiger partial charge < -0.3 is 9.80 Å². The second kappa shape index (κ2) is 5.80. The molecule has 1 saturated heterocycles.